The van der Waals surface area contributed by atoms with Gasteiger partial charge in [0.15, 0.2) is 0 Å². The highest BCUT2D eigenvalue weighted by molar-refractivity contribution is 5.66. The van der Waals surface area contributed by atoms with Crippen LogP contribution in [0.1, 0.15) is 26.7 Å². The zero-order valence-electron chi connectivity index (χ0n) is 6.59. The van der Waals surface area contributed by atoms with Gasteiger partial charge in [-0.2, -0.15) is 0 Å². The minimum Gasteiger partial charge on any atom is -0.458 e. The van der Waals surface area contributed by atoms with E-state index in [1.165, 1.54) is 6.92 Å². The molecule has 0 aromatic carbocycles. The molecule has 0 fully saturated rings. The lowest BCUT2D eigenvalue weighted by Crippen LogP contribution is -2.12. The zero-order valence-corrected chi connectivity index (χ0v) is 6.59. The molecule has 0 heterocycles. The van der Waals surface area contributed by atoms with Crippen LogP contribution in [0.25, 0.3) is 0 Å². The summed E-state index contributed by atoms with van der Waals surface area (Å²) in [4.78, 5) is 10.4. The summed E-state index contributed by atoms with van der Waals surface area (Å²) in [6.45, 7) is 7.01. The van der Waals surface area contributed by atoms with E-state index in [2.05, 4.69) is 6.58 Å². The number of carbonyl (C=O) groups is 1. The molecule has 0 rings (SSSR count). The second-order valence-electron chi connectivity index (χ2n) is 2.17. The Kier molecular flexibility index (Phi) is 4.63. The smallest absolute Gasteiger partial charge is 0.303 e. The molecule has 2 nitrogen and oxygen atoms in total. The zero-order chi connectivity index (χ0) is 7.98. The van der Waals surface area contributed by atoms with Gasteiger partial charge in [-0.15, -0.1) is 0 Å². The van der Waals surface area contributed by atoms with Crippen molar-refractivity contribution in [1.29, 1.82) is 0 Å². The summed E-state index contributed by atoms with van der Waals surface area (Å²) in [6.07, 6.45) is 3.43. The first-order valence-corrected chi connectivity index (χ1v) is 3.50. The summed E-state index contributed by atoms with van der Waals surface area (Å²) in [6, 6.07) is 0. The molecular formula is C8H14O2. The fourth-order valence-electron chi connectivity index (χ4n) is 0.723. The predicted octanol–water partition coefficient (Wildman–Crippen LogP) is 1.90. The van der Waals surface area contributed by atoms with E-state index in [0.717, 1.165) is 12.8 Å². The van der Waals surface area contributed by atoms with Crippen LogP contribution >= 0.6 is 0 Å². The van der Waals surface area contributed by atoms with Crippen LogP contribution in [0.4, 0.5) is 0 Å². The molecule has 0 saturated heterocycles. The Hall–Kier alpha value is -0.790. The third-order valence-corrected chi connectivity index (χ3v) is 1.15. The number of esters is 1. The number of carbonyl (C=O) groups excluding carboxylic acids is 1. The summed E-state index contributed by atoms with van der Waals surface area (Å²) in [5, 5.41) is 0. The van der Waals surface area contributed by atoms with Crippen LogP contribution in [0.2, 0.25) is 0 Å². The molecule has 0 amide bonds. The Morgan fingerprint density at radius 2 is 2.40 bits per heavy atom. The Morgan fingerprint density at radius 3 is 2.70 bits per heavy atom. The van der Waals surface area contributed by atoms with Crippen molar-refractivity contribution in [2.45, 2.75) is 32.8 Å². The lowest BCUT2D eigenvalue weighted by atomic mass is 10.2. The van der Waals surface area contributed by atoms with Crippen molar-refractivity contribution in [1.82, 2.24) is 0 Å². The molecule has 0 aliphatic rings. The van der Waals surface area contributed by atoms with Crippen molar-refractivity contribution in [3.63, 3.8) is 0 Å². The lowest BCUT2D eigenvalue weighted by Gasteiger charge is -2.10. The van der Waals surface area contributed by atoms with Crippen LogP contribution in [-0.2, 0) is 9.53 Å². The summed E-state index contributed by atoms with van der Waals surface area (Å²) < 4.78 is 4.88. The molecule has 0 radical (unpaired) electrons. The fraction of sp³-hybridized carbons (Fsp3) is 0.625. The van der Waals surface area contributed by atoms with Crippen LogP contribution < -0.4 is 0 Å². The summed E-state index contributed by atoms with van der Waals surface area (Å²) >= 11 is 0. The Labute approximate surface area is 61.9 Å². The van der Waals surface area contributed by atoms with E-state index in [0.29, 0.717) is 0 Å². The van der Waals surface area contributed by atoms with Gasteiger partial charge in [-0.3, -0.25) is 4.79 Å². The summed E-state index contributed by atoms with van der Waals surface area (Å²) in [7, 11) is 0. The third kappa shape index (κ3) is 4.13. The molecule has 0 aliphatic heterocycles. The molecular weight excluding hydrogens is 128 g/mol. The Balaban J connectivity index is 3.59. The highest BCUT2D eigenvalue weighted by Crippen LogP contribution is 2.02. The summed E-state index contributed by atoms with van der Waals surface area (Å²) in [5.74, 6) is -0.238. The van der Waals surface area contributed by atoms with E-state index >= 15 is 0 Å². The Morgan fingerprint density at radius 1 is 1.80 bits per heavy atom. The second kappa shape index (κ2) is 5.03. The third-order valence-electron chi connectivity index (χ3n) is 1.15. The minimum atomic E-state index is -0.238. The van der Waals surface area contributed by atoms with E-state index in [1.807, 2.05) is 6.92 Å². The monoisotopic (exact) mass is 142 g/mol. The van der Waals surface area contributed by atoms with Gasteiger partial charge in [0.1, 0.15) is 6.10 Å². The second-order valence-corrected chi connectivity index (χ2v) is 2.17. The first kappa shape index (κ1) is 9.21. The minimum absolute atomic E-state index is 0.0949. The van der Waals surface area contributed by atoms with Gasteiger partial charge >= 0.3 is 5.97 Å². The maximum Gasteiger partial charge on any atom is 0.303 e. The lowest BCUT2D eigenvalue weighted by molar-refractivity contribution is -0.144. The van der Waals surface area contributed by atoms with Gasteiger partial charge in [0.05, 0.1) is 0 Å². The first-order chi connectivity index (χ1) is 4.70. The van der Waals surface area contributed by atoms with Gasteiger partial charge in [0.25, 0.3) is 0 Å². The predicted molar refractivity (Wildman–Crippen MR) is 40.7 cm³/mol. The molecule has 0 spiro atoms. The topological polar surface area (TPSA) is 26.3 Å². The van der Waals surface area contributed by atoms with E-state index in [-0.39, 0.29) is 12.1 Å². The molecule has 0 N–H and O–H groups in total. The maximum atomic E-state index is 10.4. The molecule has 10 heavy (non-hydrogen) atoms. The van der Waals surface area contributed by atoms with Gasteiger partial charge in [0, 0.05) is 6.92 Å². The molecule has 0 bridgehead atoms. The number of ether oxygens (including phenoxy) is 1. The first-order valence-electron chi connectivity index (χ1n) is 3.50. The fourth-order valence-corrected chi connectivity index (χ4v) is 0.723. The van der Waals surface area contributed by atoms with Crippen molar-refractivity contribution in [3.8, 4) is 0 Å². The van der Waals surface area contributed by atoms with Crippen molar-refractivity contribution in [2.24, 2.45) is 0 Å². The van der Waals surface area contributed by atoms with E-state index in [4.69, 9.17) is 4.74 Å². The van der Waals surface area contributed by atoms with Gasteiger partial charge < -0.3 is 4.74 Å². The van der Waals surface area contributed by atoms with E-state index in [9.17, 15) is 4.79 Å². The van der Waals surface area contributed by atoms with Crippen LogP contribution in [0.15, 0.2) is 12.7 Å². The van der Waals surface area contributed by atoms with Gasteiger partial charge in [-0.05, 0) is 6.42 Å². The molecule has 0 saturated carbocycles. The van der Waals surface area contributed by atoms with E-state index < -0.39 is 0 Å². The normalized spacial score (nSPS) is 12.2. The molecule has 0 aromatic heterocycles. The van der Waals surface area contributed by atoms with Crippen LogP contribution in [-0.4, -0.2) is 12.1 Å². The highest BCUT2D eigenvalue weighted by Gasteiger charge is 2.04. The highest BCUT2D eigenvalue weighted by atomic mass is 16.5. The number of rotatable bonds is 4. The molecule has 1 atom stereocenters. The van der Waals surface area contributed by atoms with Gasteiger partial charge in [-0.1, -0.05) is 26.0 Å². The quantitative estimate of drug-likeness (QED) is 0.442. The maximum absolute atomic E-state index is 10.4. The van der Waals surface area contributed by atoms with Crippen molar-refractivity contribution in [2.75, 3.05) is 0 Å². The summed E-state index contributed by atoms with van der Waals surface area (Å²) in [5.41, 5.74) is 0. The Bertz CT molecular complexity index is 118. The molecule has 0 unspecified atom stereocenters. The molecule has 58 valence electrons. The SMILES string of the molecule is C=C[C@@H](CCC)OC(C)=O. The largest absolute Gasteiger partial charge is 0.458 e. The molecule has 0 aromatic rings. The standard InChI is InChI=1S/C8H14O2/c1-4-6-8(5-2)10-7(3)9/h5,8H,2,4,6H2,1,3H3/t8-/m0/s1. The average Bonchev–Trinajstić information content (AvgIpc) is 1.86. The van der Waals surface area contributed by atoms with Crippen LogP contribution in [0, 0.1) is 0 Å². The number of hydrogen-bond acceptors (Lipinski definition) is 2. The molecule has 0 aliphatic carbocycles. The van der Waals surface area contributed by atoms with Gasteiger partial charge in [0.2, 0.25) is 0 Å². The van der Waals surface area contributed by atoms with Gasteiger partial charge in [-0.25, -0.2) is 0 Å². The van der Waals surface area contributed by atoms with Crippen LogP contribution in [0.3, 0.4) is 0 Å². The average molecular weight is 142 g/mol. The van der Waals surface area contributed by atoms with Crippen molar-refractivity contribution < 1.29 is 9.53 Å². The van der Waals surface area contributed by atoms with Crippen molar-refractivity contribution >= 4 is 5.97 Å². The molecule has 2 heteroatoms. The van der Waals surface area contributed by atoms with Crippen LogP contribution in [0.5, 0.6) is 0 Å². The van der Waals surface area contributed by atoms with E-state index in [1.54, 1.807) is 6.08 Å². The van der Waals surface area contributed by atoms with Crippen molar-refractivity contribution in [3.05, 3.63) is 12.7 Å². The number of hydrogen-bond donors (Lipinski definition) is 0.